The highest BCUT2D eigenvalue weighted by Crippen LogP contribution is 2.23. The van der Waals surface area contributed by atoms with Crippen molar-refractivity contribution in [2.24, 2.45) is 0 Å². The molecular weight excluding hydrogens is 308 g/mol. The standard InChI is InChI=1S/C10H17NO7P2/c1-16-9(17-2)6-18-8(13)5-11-7(12)3-4-10(19-14)20-15/h9-10H,3-6H2,1-2H3,(H,11,12). The summed E-state index contributed by atoms with van der Waals surface area (Å²) in [7, 11) is 2.26. The average Bonchev–Trinajstić information content (AvgIpc) is 2.47. The summed E-state index contributed by atoms with van der Waals surface area (Å²) in [6.45, 7) is -0.359. The molecule has 0 aliphatic carbocycles. The molecule has 0 aliphatic heterocycles. The number of amides is 1. The van der Waals surface area contributed by atoms with Gasteiger partial charge in [-0.3, -0.25) is 18.7 Å². The van der Waals surface area contributed by atoms with E-state index in [0.29, 0.717) is 0 Å². The third-order valence-corrected chi connectivity index (χ3v) is 3.78. The van der Waals surface area contributed by atoms with Crippen LogP contribution in [0.4, 0.5) is 0 Å². The van der Waals surface area contributed by atoms with Crippen LogP contribution in [-0.2, 0) is 32.9 Å². The third kappa shape index (κ3) is 9.04. The maximum atomic E-state index is 11.4. The summed E-state index contributed by atoms with van der Waals surface area (Å²) in [5.41, 5.74) is 0. The zero-order chi connectivity index (χ0) is 15.4. The first kappa shape index (κ1) is 19.1. The molecule has 0 atom stereocenters. The van der Waals surface area contributed by atoms with E-state index in [1.54, 1.807) is 0 Å². The van der Waals surface area contributed by atoms with Gasteiger partial charge in [0.1, 0.15) is 18.6 Å². The fourth-order valence-electron chi connectivity index (χ4n) is 1.09. The molecule has 20 heavy (non-hydrogen) atoms. The van der Waals surface area contributed by atoms with E-state index in [0.717, 1.165) is 0 Å². The molecule has 8 nitrogen and oxygen atoms in total. The molecule has 0 radical (unpaired) electrons. The maximum absolute atomic E-state index is 11.4. The second kappa shape index (κ2) is 11.9. The van der Waals surface area contributed by atoms with Gasteiger partial charge in [-0.25, -0.2) is 0 Å². The SMILES string of the molecule is COC(COC(=O)CNC(=O)CCC(P=O)P=O)OC. The molecule has 0 bridgehead atoms. The number of carbonyl (C=O) groups excluding carboxylic acids is 2. The fourth-order valence-corrected chi connectivity index (χ4v) is 1.71. The van der Waals surface area contributed by atoms with E-state index in [4.69, 9.17) is 14.2 Å². The Balaban J connectivity index is 3.80. The van der Waals surface area contributed by atoms with Crippen LogP contribution in [-0.4, -0.2) is 50.9 Å². The van der Waals surface area contributed by atoms with E-state index in [9.17, 15) is 18.7 Å². The van der Waals surface area contributed by atoms with Crippen LogP contribution >= 0.6 is 16.9 Å². The zero-order valence-electron chi connectivity index (χ0n) is 11.2. The highest BCUT2D eigenvalue weighted by molar-refractivity contribution is 7.44. The van der Waals surface area contributed by atoms with Crippen molar-refractivity contribution >= 4 is 28.8 Å². The lowest BCUT2D eigenvalue weighted by Crippen LogP contribution is -2.32. The van der Waals surface area contributed by atoms with Gasteiger partial charge in [0.05, 0.1) is 0 Å². The smallest absolute Gasteiger partial charge is 0.325 e. The zero-order valence-corrected chi connectivity index (χ0v) is 13.0. The molecule has 0 fully saturated rings. The Morgan fingerprint density at radius 1 is 1.15 bits per heavy atom. The van der Waals surface area contributed by atoms with Crippen LogP contribution in [0.15, 0.2) is 0 Å². The second-order valence-corrected chi connectivity index (χ2v) is 5.67. The summed E-state index contributed by atoms with van der Waals surface area (Å²) in [6.07, 6.45) is -0.421. The van der Waals surface area contributed by atoms with Crippen molar-refractivity contribution in [1.29, 1.82) is 0 Å². The van der Waals surface area contributed by atoms with Crippen LogP contribution in [0.25, 0.3) is 0 Å². The maximum Gasteiger partial charge on any atom is 0.325 e. The van der Waals surface area contributed by atoms with Crippen molar-refractivity contribution < 1.29 is 32.9 Å². The van der Waals surface area contributed by atoms with E-state index < -0.39 is 23.6 Å². The minimum atomic E-state index is -0.650. The number of hydrogen-bond acceptors (Lipinski definition) is 7. The quantitative estimate of drug-likeness (QED) is 0.342. The number of hydrogen-bond donors (Lipinski definition) is 1. The lowest BCUT2D eigenvalue weighted by molar-refractivity contribution is -0.166. The van der Waals surface area contributed by atoms with Crippen LogP contribution < -0.4 is 5.32 Å². The Hall–Kier alpha value is -0.940. The Labute approximate surface area is 119 Å². The topological polar surface area (TPSA) is 108 Å². The van der Waals surface area contributed by atoms with Gasteiger partial charge >= 0.3 is 5.97 Å². The van der Waals surface area contributed by atoms with E-state index in [1.165, 1.54) is 14.2 Å². The largest absolute Gasteiger partial charge is 0.459 e. The van der Waals surface area contributed by atoms with Crippen LogP contribution in [0.1, 0.15) is 12.8 Å². The molecular formula is C10H17NO7P2. The average molecular weight is 325 g/mol. The van der Waals surface area contributed by atoms with E-state index >= 15 is 0 Å². The summed E-state index contributed by atoms with van der Waals surface area (Å²) in [5.74, 6) is -1.04. The number of rotatable bonds is 11. The molecule has 1 amide bonds. The van der Waals surface area contributed by atoms with Crippen LogP contribution in [0.5, 0.6) is 0 Å². The molecule has 0 aromatic rings. The van der Waals surface area contributed by atoms with Crippen molar-refractivity contribution in [3.63, 3.8) is 0 Å². The van der Waals surface area contributed by atoms with Crippen molar-refractivity contribution in [3.05, 3.63) is 0 Å². The Bertz CT molecular complexity index is 328. The minimum absolute atomic E-state index is 0.0290. The Kier molecular flexibility index (Phi) is 11.3. The number of carbonyl (C=O) groups is 2. The molecule has 114 valence electrons. The predicted octanol–water partition coefficient (Wildman–Crippen LogP) is 0.954. The molecule has 10 heteroatoms. The predicted molar refractivity (Wildman–Crippen MR) is 70.0 cm³/mol. The Morgan fingerprint density at radius 2 is 1.75 bits per heavy atom. The molecule has 0 spiro atoms. The molecule has 0 unspecified atom stereocenters. The van der Waals surface area contributed by atoms with Crippen LogP contribution in [0.3, 0.4) is 0 Å². The highest BCUT2D eigenvalue weighted by Gasteiger charge is 2.13. The number of nitrogens with one attached hydrogen (secondary N) is 1. The molecule has 0 heterocycles. The van der Waals surface area contributed by atoms with Gasteiger partial charge in [-0.15, -0.1) is 0 Å². The van der Waals surface area contributed by atoms with Crippen molar-refractivity contribution in [2.45, 2.75) is 24.5 Å². The van der Waals surface area contributed by atoms with Gasteiger partial charge in [0, 0.05) is 20.6 Å². The molecule has 1 N–H and O–H groups in total. The first-order valence-corrected chi connectivity index (χ1v) is 7.46. The molecule has 0 saturated heterocycles. The van der Waals surface area contributed by atoms with Crippen molar-refractivity contribution in [3.8, 4) is 0 Å². The number of methoxy groups -OCH3 is 2. The summed E-state index contributed by atoms with van der Waals surface area (Å²) < 4.78 is 35.4. The lowest BCUT2D eigenvalue weighted by atomic mass is 10.3. The van der Waals surface area contributed by atoms with E-state index in [-0.39, 0.29) is 42.9 Å². The van der Waals surface area contributed by atoms with E-state index in [2.05, 4.69) is 5.32 Å². The van der Waals surface area contributed by atoms with Crippen molar-refractivity contribution in [1.82, 2.24) is 5.32 Å². The van der Waals surface area contributed by atoms with Crippen LogP contribution in [0, 0.1) is 0 Å². The van der Waals surface area contributed by atoms with Crippen molar-refractivity contribution in [2.75, 3.05) is 27.4 Å². The summed E-state index contributed by atoms with van der Waals surface area (Å²) in [4.78, 5) is 22.6. The summed E-state index contributed by atoms with van der Waals surface area (Å²) in [6, 6.07) is 0. The van der Waals surface area contributed by atoms with Gasteiger partial charge in [0.25, 0.3) is 0 Å². The van der Waals surface area contributed by atoms with Gasteiger partial charge < -0.3 is 19.5 Å². The summed E-state index contributed by atoms with van der Waals surface area (Å²) >= 11 is 0. The molecule has 0 aromatic carbocycles. The van der Waals surface area contributed by atoms with Gasteiger partial charge in [-0.1, -0.05) is 0 Å². The number of ether oxygens (including phenoxy) is 3. The third-order valence-electron chi connectivity index (χ3n) is 2.21. The first-order chi connectivity index (χ1) is 9.57. The van der Waals surface area contributed by atoms with Gasteiger partial charge in [0.15, 0.2) is 23.2 Å². The fraction of sp³-hybridized carbons (Fsp3) is 0.800. The minimum Gasteiger partial charge on any atom is -0.459 e. The lowest BCUT2D eigenvalue weighted by Gasteiger charge is -2.13. The first-order valence-electron chi connectivity index (χ1n) is 5.70. The van der Waals surface area contributed by atoms with Gasteiger partial charge in [-0.2, -0.15) is 0 Å². The van der Waals surface area contributed by atoms with Gasteiger partial charge in [0.2, 0.25) is 5.91 Å². The second-order valence-electron chi connectivity index (χ2n) is 3.59. The molecule has 0 saturated carbocycles. The van der Waals surface area contributed by atoms with Crippen LogP contribution in [0.2, 0.25) is 0 Å². The molecule has 0 rings (SSSR count). The highest BCUT2D eigenvalue weighted by atomic mass is 31.1. The monoisotopic (exact) mass is 325 g/mol. The van der Waals surface area contributed by atoms with E-state index in [1.807, 2.05) is 0 Å². The Morgan fingerprint density at radius 3 is 2.25 bits per heavy atom. The summed E-state index contributed by atoms with van der Waals surface area (Å²) in [5, 5.41) is 1.74. The number of esters is 1. The van der Waals surface area contributed by atoms with Gasteiger partial charge in [-0.05, 0) is 6.42 Å². The molecule has 0 aliphatic rings. The molecule has 0 aromatic heterocycles. The normalized spacial score (nSPS) is 12.6.